The molecule has 2 aromatic rings. The van der Waals surface area contributed by atoms with Crippen molar-refractivity contribution in [3.8, 4) is 0 Å². The van der Waals surface area contributed by atoms with Crippen LogP contribution < -0.4 is 16.0 Å². The van der Waals surface area contributed by atoms with Crippen molar-refractivity contribution in [1.82, 2.24) is 20.9 Å². The number of rotatable bonds is 7. The molecule has 0 spiro atoms. The van der Waals surface area contributed by atoms with Crippen LogP contribution in [0.15, 0.2) is 54.6 Å². The molecule has 1 saturated heterocycles. The molecule has 1 unspecified atom stereocenters. The minimum atomic E-state index is -1.20. The predicted molar refractivity (Wildman–Crippen MR) is 120 cm³/mol. The van der Waals surface area contributed by atoms with Gasteiger partial charge in [-0.3, -0.25) is 19.8 Å². The largest absolute Gasteiger partial charge is 0.334 e. The molecule has 3 rings (SSSR count). The van der Waals surface area contributed by atoms with E-state index in [0.29, 0.717) is 11.5 Å². The first-order chi connectivity index (χ1) is 15.2. The van der Waals surface area contributed by atoms with Gasteiger partial charge in [-0.2, -0.15) is 0 Å². The zero-order chi connectivity index (χ0) is 23.3. The van der Waals surface area contributed by atoms with Crippen LogP contribution in [-0.2, 0) is 21.7 Å². The van der Waals surface area contributed by atoms with Crippen LogP contribution >= 0.6 is 0 Å². The van der Waals surface area contributed by atoms with Gasteiger partial charge in [0, 0.05) is 19.5 Å². The number of nitrogens with zero attached hydrogens (tertiary/aromatic N) is 1. The van der Waals surface area contributed by atoms with Crippen LogP contribution in [0.25, 0.3) is 0 Å². The molecule has 8 heteroatoms. The highest BCUT2D eigenvalue weighted by Gasteiger charge is 2.48. The molecule has 0 radical (unpaired) electrons. The van der Waals surface area contributed by atoms with Crippen molar-refractivity contribution in [3.63, 3.8) is 0 Å². The van der Waals surface area contributed by atoms with Gasteiger partial charge in [0.1, 0.15) is 5.54 Å². The molecule has 2 aromatic carbocycles. The molecule has 1 atom stereocenters. The highest BCUT2D eigenvalue weighted by Crippen LogP contribution is 2.30. The fraction of sp³-hybridized carbons (Fsp3) is 0.333. The molecule has 1 aliphatic rings. The lowest BCUT2D eigenvalue weighted by atomic mass is 9.90. The molecule has 6 amide bonds. The van der Waals surface area contributed by atoms with E-state index in [9.17, 15) is 19.2 Å². The standard InChI is InChI=1S/C24H28N4O4/c1-16(2)18-9-11-19(12-10-18)24(3)21(30)28(23(32)27-24)14-13-20(29)26-22(31)25-15-17-7-5-4-6-8-17/h4-12,16H,13-15H2,1-3H3,(H,27,32)(H2,25,26,29,31). The van der Waals surface area contributed by atoms with E-state index >= 15 is 0 Å². The lowest BCUT2D eigenvalue weighted by molar-refractivity contribution is -0.131. The number of hydrogen-bond donors (Lipinski definition) is 3. The minimum Gasteiger partial charge on any atom is -0.334 e. The van der Waals surface area contributed by atoms with E-state index in [1.54, 1.807) is 6.92 Å². The number of urea groups is 2. The average molecular weight is 437 g/mol. The summed E-state index contributed by atoms with van der Waals surface area (Å²) in [6.07, 6.45) is -0.180. The number of nitrogens with one attached hydrogen (secondary N) is 3. The first-order valence-electron chi connectivity index (χ1n) is 10.6. The van der Waals surface area contributed by atoms with Crippen LogP contribution in [0.2, 0.25) is 0 Å². The Morgan fingerprint density at radius 3 is 2.31 bits per heavy atom. The molecule has 32 heavy (non-hydrogen) atoms. The zero-order valence-corrected chi connectivity index (χ0v) is 18.5. The second-order valence-electron chi connectivity index (χ2n) is 8.26. The molecule has 0 saturated carbocycles. The number of imide groups is 2. The SMILES string of the molecule is CC(C)c1ccc(C2(C)NC(=O)N(CCC(=O)NC(=O)NCc3ccccc3)C2=O)cc1. The highest BCUT2D eigenvalue weighted by atomic mass is 16.2. The Kier molecular flexibility index (Phi) is 6.92. The van der Waals surface area contributed by atoms with Crippen LogP contribution in [-0.4, -0.2) is 35.3 Å². The smallest absolute Gasteiger partial charge is 0.325 e. The molecular formula is C24H28N4O4. The van der Waals surface area contributed by atoms with Gasteiger partial charge in [-0.15, -0.1) is 0 Å². The summed E-state index contributed by atoms with van der Waals surface area (Å²) in [5.41, 5.74) is 1.51. The van der Waals surface area contributed by atoms with Gasteiger partial charge in [-0.05, 0) is 29.5 Å². The maximum atomic E-state index is 13.0. The summed E-state index contributed by atoms with van der Waals surface area (Å²) in [5.74, 6) is -0.655. The summed E-state index contributed by atoms with van der Waals surface area (Å²) in [7, 11) is 0. The van der Waals surface area contributed by atoms with Crippen molar-refractivity contribution in [1.29, 1.82) is 0 Å². The van der Waals surface area contributed by atoms with Crippen LogP contribution in [0.1, 0.15) is 49.8 Å². The van der Waals surface area contributed by atoms with Crippen molar-refractivity contribution in [2.24, 2.45) is 0 Å². The third-order valence-electron chi connectivity index (χ3n) is 5.54. The Hall–Kier alpha value is -3.68. The van der Waals surface area contributed by atoms with Crippen molar-refractivity contribution in [2.75, 3.05) is 6.54 Å². The molecule has 3 N–H and O–H groups in total. The summed E-state index contributed by atoms with van der Waals surface area (Å²) in [6, 6.07) is 15.6. The van der Waals surface area contributed by atoms with Gasteiger partial charge < -0.3 is 10.6 Å². The van der Waals surface area contributed by atoms with Gasteiger partial charge in [0.15, 0.2) is 0 Å². The quantitative estimate of drug-likeness (QED) is 0.580. The third kappa shape index (κ3) is 5.14. The molecule has 8 nitrogen and oxygen atoms in total. The predicted octanol–water partition coefficient (Wildman–Crippen LogP) is 2.99. The van der Waals surface area contributed by atoms with Crippen LogP contribution in [0.3, 0.4) is 0 Å². The molecular weight excluding hydrogens is 408 g/mol. The summed E-state index contributed by atoms with van der Waals surface area (Å²) >= 11 is 0. The Morgan fingerprint density at radius 2 is 1.69 bits per heavy atom. The number of benzene rings is 2. The topological polar surface area (TPSA) is 108 Å². The normalized spacial score (nSPS) is 17.9. The van der Waals surface area contributed by atoms with Crippen molar-refractivity contribution < 1.29 is 19.2 Å². The van der Waals surface area contributed by atoms with Gasteiger partial charge in [-0.1, -0.05) is 68.4 Å². The van der Waals surface area contributed by atoms with Crippen molar-refractivity contribution in [2.45, 2.75) is 45.2 Å². The maximum Gasteiger partial charge on any atom is 0.325 e. The van der Waals surface area contributed by atoms with Gasteiger partial charge in [0.2, 0.25) is 5.91 Å². The molecule has 1 fully saturated rings. The van der Waals surface area contributed by atoms with E-state index in [4.69, 9.17) is 0 Å². The van der Waals surface area contributed by atoms with Crippen molar-refractivity contribution in [3.05, 3.63) is 71.3 Å². The van der Waals surface area contributed by atoms with E-state index in [1.165, 1.54) is 0 Å². The molecule has 0 aliphatic carbocycles. The Labute approximate surface area is 187 Å². The molecule has 1 aliphatic heterocycles. The summed E-state index contributed by atoms with van der Waals surface area (Å²) in [5, 5.41) is 7.53. The van der Waals surface area contributed by atoms with Gasteiger partial charge >= 0.3 is 12.1 Å². The van der Waals surface area contributed by atoms with Gasteiger partial charge in [0.05, 0.1) is 0 Å². The van der Waals surface area contributed by atoms with E-state index in [2.05, 4.69) is 29.8 Å². The number of carbonyl (C=O) groups excluding carboxylic acids is 4. The first-order valence-corrected chi connectivity index (χ1v) is 10.6. The summed E-state index contributed by atoms with van der Waals surface area (Å²) in [4.78, 5) is 50.5. The van der Waals surface area contributed by atoms with E-state index < -0.39 is 29.4 Å². The minimum absolute atomic E-state index is 0.123. The molecule has 1 heterocycles. The summed E-state index contributed by atoms with van der Waals surface area (Å²) in [6.45, 7) is 5.96. The number of hydrogen-bond acceptors (Lipinski definition) is 4. The average Bonchev–Trinajstić information content (AvgIpc) is 3.00. The Bertz CT molecular complexity index is 1000. The number of amides is 6. The second-order valence-corrected chi connectivity index (χ2v) is 8.26. The highest BCUT2D eigenvalue weighted by molar-refractivity contribution is 6.07. The monoisotopic (exact) mass is 436 g/mol. The molecule has 0 bridgehead atoms. The molecule has 0 aromatic heterocycles. The summed E-state index contributed by atoms with van der Waals surface area (Å²) < 4.78 is 0. The fourth-order valence-corrected chi connectivity index (χ4v) is 3.52. The van der Waals surface area contributed by atoms with Crippen LogP contribution in [0.4, 0.5) is 9.59 Å². The zero-order valence-electron chi connectivity index (χ0n) is 18.5. The van der Waals surface area contributed by atoms with Gasteiger partial charge in [-0.25, -0.2) is 9.59 Å². The van der Waals surface area contributed by atoms with Crippen LogP contribution in [0.5, 0.6) is 0 Å². The Balaban J connectivity index is 1.53. The first kappa shape index (κ1) is 23.0. The Morgan fingerprint density at radius 1 is 1.03 bits per heavy atom. The van der Waals surface area contributed by atoms with Gasteiger partial charge in [0.25, 0.3) is 5.91 Å². The third-order valence-corrected chi connectivity index (χ3v) is 5.54. The maximum absolute atomic E-state index is 13.0. The molecule has 168 valence electrons. The number of carbonyl (C=O) groups is 4. The van der Waals surface area contributed by atoms with E-state index in [-0.39, 0.29) is 19.5 Å². The second kappa shape index (κ2) is 9.64. The fourth-order valence-electron chi connectivity index (χ4n) is 3.52. The lowest BCUT2D eigenvalue weighted by Gasteiger charge is -2.23. The lowest BCUT2D eigenvalue weighted by Crippen LogP contribution is -2.42. The van der Waals surface area contributed by atoms with E-state index in [1.807, 2.05) is 54.6 Å². The van der Waals surface area contributed by atoms with Crippen LogP contribution in [0, 0.1) is 0 Å². The van der Waals surface area contributed by atoms with E-state index in [0.717, 1.165) is 16.0 Å². The van der Waals surface area contributed by atoms with Crippen molar-refractivity contribution >= 4 is 23.9 Å².